The molecule has 18 heavy (non-hydrogen) atoms. The predicted octanol–water partition coefficient (Wildman–Crippen LogP) is 3.04. The zero-order chi connectivity index (χ0) is 11.7. The number of hydrogen-bond donors (Lipinski definition) is 1. The summed E-state index contributed by atoms with van der Waals surface area (Å²) < 4.78 is 0. The maximum absolute atomic E-state index is 9.45. The first kappa shape index (κ1) is 13.6. The molecule has 2 nitrogen and oxygen atoms in total. The first-order valence-corrected chi connectivity index (χ1v) is 5.73. The molecule has 1 radical (unpaired) electrons. The van der Waals surface area contributed by atoms with Gasteiger partial charge in [0.1, 0.15) is 0 Å². The van der Waals surface area contributed by atoms with Gasteiger partial charge in [-0.05, 0) is 16.3 Å². The van der Waals surface area contributed by atoms with Crippen LogP contribution >= 0.6 is 0 Å². The minimum Gasteiger partial charge on any atom is -0.392 e. The van der Waals surface area contributed by atoms with E-state index in [1.165, 1.54) is 0 Å². The van der Waals surface area contributed by atoms with Crippen LogP contribution in [-0.4, -0.2) is 10.8 Å². The fraction of sp³-hybridized carbons (Fsp3) is 0.133. The Morgan fingerprint density at radius 2 is 1.89 bits per heavy atom. The Kier molecular flexibility index (Phi) is 4.44. The molecule has 0 saturated heterocycles. The van der Waals surface area contributed by atoms with Gasteiger partial charge in [0, 0.05) is 50.9 Å². The Labute approximate surface area is 131 Å². The van der Waals surface area contributed by atoms with Crippen molar-refractivity contribution in [3.8, 4) is 0 Å². The predicted molar refractivity (Wildman–Crippen MR) is 70.2 cm³/mol. The Morgan fingerprint density at radius 3 is 2.56 bits per heavy atom. The molecule has 1 heterocycles. The van der Waals surface area contributed by atoms with Gasteiger partial charge in [0.05, 0.1) is 12.3 Å². The minimum absolute atomic E-state index is 0. The second-order valence-electron chi connectivity index (χ2n) is 4.14. The van der Waals surface area contributed by atoms with Crippen molar-refractivity contribution in [3.63, 3.8) is 0 Å². The van der Waals surface area contributed by atoms with Gasteiger partial charge >= 0.3 is 0 Å². The molecular weight excluding hydrogens is 299 g/mol. The van der Waals surface area contributed by atoms with Crippen LogP contribution in [0.1, 0.15) is 17.5 Å². The minimum atomic E-state index is 0. The summed E-state index contributed by atoms with van der Waals surface area (Å²) in [6.45, 7) is 0.0645. The van der Waals surface area contributed by atoms with Gasteiger partial charge in [0.15, 0.2) is 0 Å². The zero-order valence-electron chi connectivity index (χ0n) is 10.0. The van der Waals surface area contributed by atoms with Crippen LogP contribution in [0.3, 0.4) is 0 Å². The summed E-state index contributed by atoms with van der Waals surface area (Å²) >= 11 is 0. The summed E-state index contributed by atoms with van der Waals surface area (Å²) in [7, 11) is 0. The van der Waals surface area contributed by atoms with Crippen LogP contribution in [0.4, 0.5) is 0 Å². The van der Waals surface area contributed by atoms with Crippen molar-refractivity contribution in [1.29, 1.82) is 0 Å². The average Bonchev–Trinajstić information content (AvgIpc) is 2.91. The third-order valence-electron chi connectivity index (χ3n) is 3.12. The molecule has 1 N–H and O–H groups in total. The molecule has 1 aliphatic heterocycles. The van der Waals surface area contributed by atoms with Crippen LogP contribution in [0.25, 0.3) is 10.8 Å². The Bertz CT molecular complexity index is 626. The van der Waals surface area contributed by atoms with E-state index in [1.807, 2.05) is 24.4 Å². The van der Waals surface area contributed by atoms with Gasteiger partial charge in [-0.2, -0.15) is 0 Å². The molecule has 2 aromatic carbocycles. The van der Waals surface area contributed by atoms with E-state index in [2.05, 4.69) is 29.3 Å². The molecule has 0 bridgehead atoms. The van der Waals surface area contributed by atoms with E-state index in [9.17, 15) is 5.11 Å². The number of aliphatic imine (C=N–C) groups is 1. The number of nitrogens with zero attached hydrogens (tertiary/aromatic N) is 1. The fourth-order valence-corrected chi connectivity index (χ4v) is 2.33. The second kappa shape index (κ2) is 5.88. The van der Waals surface area contributed by atoms with E-state index in [4.69, 9.17) is 0 Å². The van der Waals surface area contributed by atoms with Gasteiger partial charge in [-0.15, -0.1) is 0 Å². The summed E-state index contributed by atoms with van der Waals surface area (Å²) in [6.07, 6.45) is 4.77. The number of aliphatic hydroxyl groups excluding tert-OH is 1. The molecule has 0 atom stereocenters. The SMILES string of the molecule is OCc1cccc2cccc(C3=NC=CC3)c12.[Y]. The fourth-order valence-electron chi connectivity index (χ4n) is 2.33. The Morgan fingerprint density at radius 1 is 1.11 bits per heavy atom. The van der Waals surface area contributed by atoms with Crippen molar-refractivity contribution >= 4 is 16.5 Å². The van der Waals surface area contributed by atoms with Gasteiger partial charge in [-0.3, -0.25) is 4.99 Å². The summed E-state index contributed by atoms with van der Waals surface area (Å²) in [6, 6.07) is 12.2. The van der Waals surface area contributed by atoms with Crippen molar-refractivity contribution in [2.45, 2.75) is 13.0 Å². The zero-order valence-corrected chi connectivity index (χ0v) is 12.8. The molecule has 0 aliphatic carbocycles. The molecule has 0 spiro atoms. The van der Waals surface area contributed by atoms with Crippen LogP contribution in [0.2, 0.25) is 0 Å². The van der Waals surface area contributed by atoms with Crippen LogP contribution in [0, 0.1) is 0 Å². The molecule has 3 rings (SSSR count). The molecule has 2 aromatic rings. The summed E-state index contributed by atoms with van der Waals surface area (Å²) in [5.41, 5.74) is 3.18. The quantitative estimate of drug-likeness (QED) is 0.908. The van der Waals surface area contributed by atoms with E-state index in [1.54, 1.807) is 0 Å². The topological polar surface area (TPSA) is 32.6 Å². The molecule has 3 heteroatoms. The maximum atomic E-state index is 9.45. The smallest absolute Gasteiger partial charge is 0.0688 e. The van der Waals surface area contributed by atoms with Gasteiger partial charge in [-0.25, -0.2) is 0 Å². The van der Waals surface area contributed by atoms with E-state index in [0.29, 0.717) is 0 Å². The number of fused-ring (bicyclic) bond motifs is 1. The summed E-state index contributed by atoms with van der Waals surface area (Å²) in [5, 5.41) is 11.7. The summed E-state index contributed by atoms with van der Waals surface area (Å²) in [4.78, 5) is 4.39. The number of aliphatic hydroxyl groups is 1. The van der Waals surface area contributed by atoms with E-state index < -0.39 is 0 Å². The van der Waals surface area contributed by atoms with Crippen LogP contribution < -0.4 is 0 Å². The van der Waals surface area contributed by atoms with E-state index in [0.717, 1.165) is 34.0 Å². The Hall–Kier alpha value is -0.826. The second-order valence-corrected chi connectivity index (χ2v) is 4.14. The van der Waals surface area contributed by atoms with Crippen LogP contribution in [0.5, 0.6) is 0 Å². The van der Waals surface area contributed by atoms with Crippen LogP contribution in [0.15, 0.2) is 53.7 Å². The molecular formula is C15H13NOY. The Balaban J connectivity index is 0.00000120. The van der Waals surface area contributed by atoms with Gasteiger partial charge < -0.3 is 5.11 Å². The molecule has 0 unspecified atom stereocenters. The number of rotatable bonds is 2. The van der Waals surface area contributed by atoms with Gasteiger partial charge in [0.2, 0.25) is 0 Å². The van der Waals surface area contributed by atoms with Crippen molar-refractivity contribution in [2.75, 3.05) is 0 Å². The summed E-state index contributed by atoms with van der Waals surface area (Å²) in [5.74, 6) is 0. The molecule has 0 fully saturated rings. The number of hydrogen-bond acceptors (Lipinski definition) is 2. The first-order chi connectivity index (χ1) is 8.40. The maximum Gasteiger partial charge on any atom is 0.0688 e. The standard InChI is InChI=1S/C15H13NO.Y/c17-10-12-6-1-4-11-5-2-7-13(15(11)12)14-8-3-9-16-14;/h1-7,9,17H,8,10H2;. The molecule has 0 saturated carbocycles. The van der Waals surface area contributed by atoms with Gasteiger partial charge in [0.25, 0.3) is 0 Å². The molecule has 1 aliphatic rings. The molecule has 0 amide bonds. The monoisotopic (exact) mass is 312 g/mol. The van der Waals surface area contributed by atoms with E-state index >= 15 is 0 Å². The number of benzene rings is 2. The third-order valence-corrected chi connectivity index (χ3v) is 3.12. The van der Waals surface area contributed by atoms with Crippen molar-refractivity contribution in [2.24, 2.45) is 4.99 Å². The van der Waals surface area contributed by atoms with Crippen LogP contribution in [-0.2, 0) is 39.3 Å². The van der Waals surface area contributed by atoms with E-state index in [-0.39, 0.29) is 39.3 Å². The van der Waals surface area contributed by atoms with Crippen molar-refractivity contribution in [1.82, 2.24) is 0 Å². The van der Waals surface area contributed by atoms with Crippen molar-refractivity contribution < 1.29 is 37.8 Å². The number of allylic oxidation sites excluding steroid dienone is 1. The first-order valence-electron chi connectivity index (χ1n) is 5.73. The average molecular weight is 312 g/mol. The molecule has 87 valence electrons. The normalized spacial score (nSPS) is 13.5. The third kappa shape index (κ3) is 2.33. The molecule has 0 aromatic heterocycles. The van der Waals surface area contributed by atoms with Gasteiger partial charge in [-0.1, -0.05) is 42.5 Å². The largest absolute Gasteiger partial charge is 0.392 e. The van der Waals surface area contributed by atoms with Crippen molar-refractivity contribution in [3.05, 3.63) is 59.8 Å².